The molecule has 0 bridgehead atoms. The zero-order chi connectivity index (χ0) is 40.1. The standard InChI is InChI=1S/C44H83NO9/c1-6-10-14-18-20-24-28-38(26-22-16-12-8-3)52-42(48)31-30-41(47)51-37-40(36-45(5)34-35-46)54-44(50)33-32-43(49)53-39(27-23-17-13-9-4)29-25-21-19-15-11-7-2/h38-40,46H,6-37H2,1-5H3. The van der Waals surface area contributed by atoms with E-state index in [-0.39, 0.29) is 57.6 Å². The first-order valence-corrected chi connectivity index (χ1v) is 22.2. The molecule has 0 rings (SSSR count). The smallest absolute Gasteiger partial charge is 0.306 e. The van der Waals surface area contributed by atoms with Gasteiger partial charge in [0.25, 0.3) is 0 Å². The van der Waals surface area contributed by atoms with Gasteiger partial charge in [0.2, 0.25) is 0 Å². The number of nitrogens with zero attached hydrogens (tertiary/aromatic N) is 1. The van der Waals surface area contributed by atoms with E-state index in [1.807, 2.05) is 0 Å². The van der Waals surface area contributed by atoms with Crippen molar-refractivity contribution in [3.63, 3.8) is 0 Å². The van der Waals surface area contributed by atoms with Gasteiger partial charge in [0.15, 0.2) is 0 Å². The largest absolute Gasteiger partial charge is 0.462 e. The Bertz CT molecular complexity index is 914. The van der Waals surface area contributed by atoms with Crippen molar-refractivity contribution in [2.75, 3.05) is 33.4 Å². The van der Waals surface area contributed by atoms with Crippen LogP contribution in [0.1, 0.15) is 207 Å². The van der Waals surface area contributed by atoms with E-state index < -0.39 is 30.0 Å². The van der Waals surface area contributed by atoms with Crippen molar-refractivity contribution in [3.05, 3.63) is 0 Å². The number of rotatable bonds is 39. The fraction of sp³-hybridized carbons (Fsp3) is 0.909. The van der Waals surface area contributed by atoms with Gasteiger partial charge in [0.1, 0.15) is 24.9 Å². The van der Waals surface area contributed by atoms with Gasteiger partial charge >= 0.3 is 23.9 Å². The molecule has 0 aromatic rings. The Morgan fingerprint density at radius 1 is 0.463 bits per heavy atom. The van der Waals surface area contributed by atoms with Gasteiger partial charge in [-0.15, -0.1) is 0 Å². The third-order valence-corrected chi connectivity index (χ3v) is 9.91. The predicted molar refractivity (Wildman–Crippen MR) is 217 cm³/mol. The molecule has 0 aromatic carbocycles. The van der Waals surface area contributed by atoms with Gasteiger partial charge in [0.05, 0.1) is 32.3 Å². The average molecular weight is 770 g/mol. The maximum absolute atomic E-state index is 12.8. The van der Waals surface area contributed by atoms with E-state index in [1.165, 1.54) is 64.2 Å². The number of unbranched alkanes of at least 4 members (excludes halogenated alkanes) is 16. The van der Waals surface area contributed by atoms with Crippen LogP contribution in [0, 0.1) is 0 Å². The summed E-state index contributed by atoms with van der Waals surface area (Å²) in [6.45, 7) is 9.05. The molecule has 318 valence electrons. The van der Waals surface area contributed by atoms with Crippen LogP contribution < -0.4 is 0 Å². The molecule has 0 saturated heterocycles. The van der Waals surface area contributed by atoms with Crippen molar-refractivity contribution in [1.29, 1.82) is 0 Å². The summed E-state index contributed by atoms with van der Waals surface area (Å²) in [6.07, 6.45) is 24.9. The van der Waals surface area contributed by atoms with Crippen LogP contribution >= 0.6 is 0 Å². The lowest BCUT2D eigenvalue weighted by atomic mass is 10.0. The lowest BCUT2D eigenvalue weighted by Crippen LogP contribution is -2.37. The van der Waals surface area contributed by atoms with E-state index in [4.69, 9.17) is 18.9 Å². The topological polar surface area (TPSA) is 129 Å². The van der Waals surface area contributed by atoms with Crippen LogP contribution in [0.15, 0.2) is 0 Å². The second kappa shape index (κ2) is 37.7. The van der Waals surface area contributed by atoms with Crippen molar-refractivity contribution >= 4 is 23.9 Å². The van der Waals surface area contributed by atoms with Crippen LogP contribution in [-0.2, 0) is 38.1 Å². The van der Waals surface area contributed by atoms with Gasteiger partial charge in [-0.1, -0.05) is 130 Å². The maximum atomic E-state index is 12.8. The summed E-state index contributed by atoms with van der Waals surface area (Å²) in [7, 11) is 1.76. The molecule has 10 heteroatoms. The second-order valence-corrected chi connectivity index (χ2v) is 15.3. The second-order valence-electron chi connectivity index (χ2n) is 15.3. The Morgan fingerprint density at radius 2 is 0.778 bits per heavy atom. The van der Waals surface area contributed by atoms with Gasteiger partial charge in [-0.2, -0.15) is 0 Å². The zero-order valence-corrected chi connectivity index (χ0v) is 35.5. The number of carbonyl (C=O) groups excluding carboxylic acids is 4. The molecule has 3 unspecified atom stereocenters. The van der Waals surface area contributed by atoms with Crippen LogP contribution in [0.5, 0.6) is 0 Å². The van der Waals surface area contributed by atoms with Gasteiger partial charge < -0.3 is 29.0 Å². The lowest BCUT2D eigenvalue weighted by molar-refractivity contribution is -0.163. The molecule has 10 nitrogen and oxygen atoms in total. The molecule has 1 N–H and O–H groups in total. The molecule has 3 atom stereocenters. The number of hydrogen-bond acceptors (Lipinski definition) is 10. The molecule has 0 heterocycles. The van der Waals surface area contributed by atoms with Crippen molar-refractivity contribution in [3.8, 4) is 0 Å². The first kappa shape index (κ1) is 51.8. The number of aliphatic hydroxyl groups is 1. The molecular formula is C44H83NO9. The van der Waals surface area contributed by atoms with E-state index in [2.05, 4.69) is 27.7 Å². The van der Waals surface area contributed by atoms with E-state index in [0.29, 0.717) is 6.54 Å². The number of carbonyl (C=O) groups is 4. The van der Waals surface area contributed by atoms with E-state index >= 15 is 0 Å². The number of ether oxygens (including phenoxy) is 4. The average Bonchev–Trinajstić information content (AvgIpc) is 3.15. The van der Waals surface area contributed by atoms with Crippen LogP contribution in [0.2, 0.25) is 0 Å². The van der Waals surface area contributed by atoms with Crippen molar-refractivity contribution < 1.29 is 43.2 Å². The Kier molecular flexibility index (Phi) is 36.2. The summed E-state index contributed by atoms with van der Waals surface area (Å²) in [5, 5.41) is 9.37. The Labute approximate surface area is 330 Å². The summed E-state index contributed by atoms with van der Waals surface area (Å²) >= 11 is 0. The van der Waals surface area contributed by atoms with E-state index in [1.54, 1.807) is 11.9 Å². The maximum Gasteiger partial charge on any atom is 0.306 e. The number of esters is 4. The summed E-state index contributed by atoms with van der Waals surface area (Å²) in [5.41, 5.74) is 0. The van der Waals surface area contributed by atoms with Gasteiger partial charge in [0, 0.05) is 13.1 Å². The monoisotopic (exact) mass is 770 g/mol. The molecular weight excluding hydrogens is 686 g/mol. The van der Waals surface area contributed by atoms with Gasteiger partial charge in [-0.05, 0) is 58.4 Å². The molecule has 0 aliphatic rings. The minimum absolute atomic E-state index is 0.0732. The Balaban J connectivity index is 4.93. The molecule has 0 amide bonds. The minimum atomic E-state index is -0.801. The molecule has 54 heavy (non-hydrogen) atoms. The first-order chi connectivity index (χ1) is 26.2. The molecule has 0 radical (unpaired) electrons. The Morgan fingerprint density at radius 3 is 1.15 bits per heavy atom. The lowest BCUT2D eigenvalue weighted by Gasteiger charge is -2.23. The van der Waals surface area contributed by atoms with Crippen molar-refractivity contribution in [2.24, 2.45) is 0 Å². The summed E-state index contributed by atoms with van der Waals surface area (Å²) < 4.78 is 22.7. The third kappa shape index (κ3) is 33.2. The normalized spacial score (nSPS) is 13.0. The van der Waals surface area contributed by atoms with Gasteiger partial charge in [-0.3, -0.25) is 19.2 Å². The quantitative estimate of drug-likeness (QED) is 0.0366. The summed E-state index contributed by atoms with van der Waals surface area (Å²) in [5.74, 6) is -1.96. The van der Waals surface area contributed by atoms with Crippen LogP contribution in [0.3, 0.4) is 0 Å². The van der Waals surface area contributed by atoms with Crippen molar-refractivity contribution in [1.82, 2.24) is 4.90 Å². The van der Waals surface area contributed by atoms with Crippen LogP contribution in [-0.4, -0.2) is 85.5 Å². The molecule has 0 spiro atoms. The molecule has 0 fully saturated rings. The van der Waals surface area contributed by atoms with Gasteiger partial charge in [-0.25, -0.2) is 0 Å². The highest BCUT2D eigenvalue weighted by atomic mass is 16.6. The van der Waals surface area contributed by atoms with Crippen molar-refractivity contribution in [2.45, 2.75) is 226 Å². The third-order valence-electron chi connectivity index (χ3n) is 9.91. The summed E-state index contributed by atoms with van der Waals surface area (Å²) in [4.78, 5) is 52.8. The molecule has 0 aliphatic heterocycles. The van der Waals surface area contributed by atoms with E-state index in [9.17, 15) is 24.3 Å². The van der Waals surface area contributed by atoms with Crippen LogP contribution in [0.25, 0.3) is 0 Å². The summed E-state index contributed by atoms with van der Waals surface area (Å²) in [6, 6.07) is 0. The first-order valence-electron chi connectivity index (χ1n) is 22.2. The highest BCUT2D eigenvalue weighted by molar-refractivity contribution is 5.78. The number of likely N-dealkylation sites (N-methyl/N-ethyl adjacent to an activating group) is 1. The zero-order valence-electron chi connectivity index (χ0n) is 35.5. The minimum Gasteiger partial charge on any atom is -0.462 e. The fourth-order valence-electron chi connectivity index (χ4n) is 6.56. The highest BCUT2D eigenvalue weighted by Gasteiger charge is 2.22. The highest BCUT2D eigenvalue weighted by Crippen LogP contribution is 2.19. The fourth-order valence-corrected chi connectivity index (χ4v) is 6.56. The molecule has 0 saturated carbocycles. The number of aliphatic hydroxyl groups excluding tert-OH is 1. The van der Waals surface area contributed by atoms with E-state index in [0.717, 1.165) is 89.9 Å². The SMILES string of the molecule is CCCCCCCCC(CCCCCC)OC(=O)CCC(=O)OCC(CN(C)CCO)OC(=O)CCC(=O)OC(CCCCCC)CCCCCCCC. The van der Waals surface area contributed by atoms with Crippen LogP contribution in [0.4, 0.5) is 0 Å². The predicted octanol–water partition coefficient (Wildman–Crippen LogP) is 10.2. The molecule has 0 aliphatic carbocycles. The molecule has 0 aromatic heterocycles. The number of hydrogen-bond donors (Lipinski definition) is 1. The Hall–Kier alpha value is -2.20.